The number of amides is 1. The van der Waals surface area contributed by atoms with E-state index >= 15 is 0 Å². The second-order valence-electron chi connectivity index (χ2n) is 9.81. The Morgan fingerprint density at radius 2 is 1.74 bits per heavy atom. The lowest BCUT2D eigenvalue weighted by Crippen LogP contribution is -2.51. The molecule has 8 nitrogen and oxygen atoms in total. The van der Waals surface area contributed by atoms with Gasteiger partial charge in [-0.25, -0.2) is 21.6 Å². The van der Waals surface area contributed by atoms with Crippen LogP contribution in [0.25, 0.3) is 0 Å². The number of nitrogens with one attached hydrogen (secondary N) is 1. The van der Waals surface area contributed by atoms with Gasteiger partial charge >= 0.3 is 0 Å². The molecule has 2 saturated carbocycles. The molecule has 4 rings (SSSR count). The number of aliphatic hydroxyl groups is 3. The van der Waals surface area contributed by atoms with Gasteiger partial charge in [0.25, 0.3) is 5.91 Å². The first-order valence-corrected chi connectivity index (χ1v) is 13.9. The topological polar surface area (TPSA) is 133 Å². The number of anilines is 1. The van der Waals surface area contributed by atoms with Crippen molar-refractivity contribution in [2.45, 2.75) is 47.5 Å². The predicted molar refractivity (Wildman–Crippen MR) is 131 cm³/mol. The van der Waals surface area contributed by atoms with E-state index in [1.165, 1.54) is 12.1 Å². The zero-order valence-electron chi connectivity index (χ0n) is 20.0. The highest BCUT2D eigenvalue weighted by Gasteiger charge is 2.55. The van der Waals surface area contributed by atoms with Crippen LogP contribution in [0.5, 0.6) is 0 Å². The summed E-state index contributed by atoms with van der Waals surface area (Å²) in [5, 5.41) is 30.9. The maximum atomic E-state index is 13.6. The van der Waals surface area contributed by atoms with Crippen LogP contribution in [0.1, 0.15) is 36.0 Å². The average molecular weight is 578 g/mol. The summed E-state index contributed by atoms with van der Waals surface area (Å²) in [5.74, 6) is -6.35. The SMILES string of the molecule is O=C(Nc1cc(F)c(F)c(F)c1)c1ccc(Cl)c(S(=O)(=O)C2CC3CC[C@@H](C2)C3(O)COCC(O)CO)c1. The Balaban J connectivity index is 1.52. The second-order valence-corrected chi connectivity index (χ2v) is 12.4. The zero-order valence-corrected chi connectivity index (χ0v) is 21.6. The van der Waals surface area contributed by atoms with E-state index in [0.29, 0.717) is 25.0 Å². The van der Waals surface area contributed by atoms with Crippen LogP contribution in [-0.2, 0) is 14.6 Å². The lowest BCUT2D eigenvalue weighted by Gasteiger charge is -2.42. The zero-order chi connectivity index (χ0) is 27.8. The molecule has 13 heteroatoms. The number of carbonyl (C=O) groups is 1. The normalized spacial score (nSPS) is 25.8. The van der Waals surface area contributed by atoms with Crippen molar-refractivity contribution in [1.82, 2.24) is 0 Å². The Labute approximate surface area is 222 Å². The molecule has 2 aliphatic carbocycles. The van der Waals surface area contributed by atoms with E-state index in [-0.39, 0.29) is 59.1 Å². The summed E-state index contributed by atoms with van der Waals surface area (Å²) in [7, 11) is -4.06. The Kier molecular flexibility index (Phi) is 8.41. The van der Waals surface area contributed by atoms with Crippen molar-refractivity contribution < 1.29 is 46.4 Å². The van der Waals surface area contributed by atoms with Crippen LogP contribution in [0, 0.1) is 29.3 Å². The van der Waals surface area contributed by atoms with Gasteiger partial charge in [0.15, 0.2) is 27.3 Å². The number of hydrogen-bond acceptors (Lipinski definition) is 7. The Bertz CT molecular complexity index is 1290. The average Bonchev–Trinajstić information content (AvgIpc) is 3.02. The van der Waals surface area contributed by atoms with Crippen LogP contribution in [0.2, 0.25) is 5.02 Å². The van der Waals surface area contributed by atoms with E-state index < -0.39 is 56.8 Å². The molecule has 2 aromatic carbocycles. The Hall–Kier alpha value is -2.22. The lowest BCUT2D eigenvalue weighted by atomic mass is 9.75. The van der Waals surface area contributed by atoms with Gasteiger partial charge in [0, 0.05) is 23.4 Å². The highest BCUT2D eigenvalue weighted by atomic mass is 35.5. The molecule has 4 N–H and O–H groups in total. The van der Waals surface area contributed by atoms with Gasteiger partial charge in [-0.15, -0.1) is 0 Å². The molecule has 2 fully saturated rings. The number of benzene rings is 2. The van der Waals surface area contributed by atoms with Crippen LogP contribution in [-0.4, -0.2) is 66.4 Å². The fourth-order valence-electron chi connectivity index (χ4n) is 5.38. The maximum absolute atomic E-state index is 13.6. The molecular formula is C25H27ClF3NO7S. The largest absolute Gasteiger partial charge is 0.394 e. The monoisotopic (exact) mass is 577 g/mol. The lowest BCUT2D eigenvalue weighted by molar-refractivity contribution is -0.125. The van der Waals surface area contributed by atoms with Crippen LogP contribution in [0.15, 0.2) is 35.2 Å². The summed E-state index contributed by atoms with van der Waals surface area (Å²) in [4.78, 5) is 12.4. The van der Waals surface area contributed by atoms with Crippen molar-refractivity contribution in [2.75, 3.05) is 25.1 Å². The summed E-state index contributed by atoms with van der Waals surface area (Å²) in [6.07, 6.45) is 0.338. The molecule has 0 saturated heterocycles. The Morgan fingerprint density at radius 3 is 2.32 bits per heavy atom. The van der Waals surface area contributed by atoms with Crippen LogP contribution in [0.3, 0.4) is 0 Å². The first-order chi connectivity index (χ1) is 17.9. The highest BCUT2D eigenvalue weighted by Crippen LogP contribution is 2.52. The molecular weight excluding hydrogens is 551 g/mol. The molecule has 0 spiro atoms. The number of ether oxygens (including phenoxy) is 1. The molecule has 5 atom stereocenters. The van der Waals surface area contributed by atoms with Crippen molar-refractivity contribution >= 4 is 33.0 Å². The third kappa shape index (κ3) is 5.56. The number of rotatable bonds is 9. The summed E-state index contributed by atoms with van der Waals surface area (Å²) in [6, 6.07) is 4.73. The number of halogens is 4. The molecule has 2 aromatic rings. The molecule has 2 bridgehead atoms. The fraction of sp³-hybridized carbons (Fsp3) is 0.480. The number of carbonyl (C=O) groups excluding carboxylic acids is 1. The first-order valence-electron chi connectivity index (χ1n) is 11.9. The van der Waals surface area contributed by atoms with Crippen molar-refractivity contribution in [1.29, 1.82) is 0 Å². The molecule has 38 heavy (non-hydrogen) atoms. The standard InChI is InChI=1S/C25H27ClF3NO7S/c26-19-4-1-13(24(33)30-16-8-20(27)23(29)21(28)9-16)5-22(19)38(35,36)18-6-14-2-3-15(7-18)25(14,34)12-37-11-17(32)10-31/h1,4-5,8-9,14-15,17-18,31-32,34H,2-3,6-7,10-12H2,(H,30,33)/t14-,15?,17?,18?,25?/m0/s1. The summed E-state index contributed by atoms with van der Waals surface area (Å²) < 4.78 is 72.8. The van der Waals surface area contributed by atoms with Gasteiger partial charge in [-0.3, -0.25) is 4.79 Å². The summed E-state index contributed by atoms with van der Waals surface area (Å²) >= 11 is 6.21. The molecule has 208 valence electrons. The highest BCUT2D eigenvalue weighted by molar-refractivity contribution is 7.92. The van der Waals surface area contributed by atoms with Crippen LogP contribution in [0.4, 0.5) is 18.9 Å². The van der Waals surface area contributed by atoms with Crippen molar-refractivity contribution in [2.24, 2.45) is 11.8 Å². The van der Waals surface area contributed by atoms with E-state index in [1.807, 2.05) is 0 Å². The minimum Gasteiger partial charge on any atom is -0.394 e. The van der Waals surface area contributed by atoms with Crippen molar-refractivity contribution in [3.63, 3.8) is 0 Å². The Morgan fingerprint density at radius 1 is 1.13 bits per heavy atom. The third-order valence-electron chi connectivity index (χ3n) is 7.41. The molecule has 0 heterocycles. The second kappa shape index (κ2) is 11.1. The van der Waals surface area contributed by atoms with Crippen LogP contribution >= 0.6 is 11.6 Å². The molecule has 0 radical (unpaired) electrons. The minimum atomic E-state index is -4.06. The molecule has 1 amide bonds. The quantitative estimate of drug-likeness (QED) is 0.337. The number of aliphatic hydroxyl groups excluding tert-OH is 2. The fourth-order valence-corrected chi connectivity index (χ4v) is 7.79. The molecule has 2 aliphatic rings. The van der Waals surface area contributed by atoms with Gasteiger partial charge in [-0.1, -0.05) is 11.6 Å². The van der Waals surface area contributed by atoms with Gasteiger partial charge in [-0.05, 0) is 55.7 Å². The number of sulfone groups is 1. The first kappa shape index (κ1) is 28.8. The molecule has 4 unspecified atom stereocenters. The maximum Gasteiger partial charge on any atom is 0.255 e. The predicted octanol–water partition coefficient (Wildman–Crippen LogP) is 3.07. The van der Waals surface area contributed by atoms with E-state index in [1.54, 1.807) is 0 Å². The van der Waals surface area contributed by atoms with Gasteiger partial charge in [0.2, 0.25) is 0 Å². The molecule has 0 aliphatic heterocycles. The van der Waals surface area contributed by atoms with Gasteiger partial charge < -0.3 is 25.4 Å². The van der Waals surface area contributed by atoms with Gasteiger partial charge in [-0.2, -0.15) is 0 Å². The van der Waals surface area contributed by atoms with E-state index in [4.69, 9.17) is 21.4 Å². The number of hydrogen-bond donors (Lipinski definition) is 4. The van der Waals surface area contributed by atoms with Gasteiger partial charge in [0.1, 0.15) is 6.10 Å². The smallest absolute Gasteiger partial charge is 0.255 e. The van der Waals surface area contributed by atoms with Crippen LogP contribution < -0.4 is 5.32 Å². The summed E-state index contributed by atoms with van der Waals surface area (Å²) in [5.41, 5.74) is -1.78. The van der Waals surface area contributed by atoms with E-state index in [9.17, 15) is 36.6 Å². The van der Waals surface area contributed by atoms with Crippen molar-refractivity contribution in [3.05, 3.63) is 58.4 Å². The third-order valence-corrected chi connectivity index (χ3v) is 10.1. The number of fused-ring (bicyclic) bond motifs is 2. The summed E-state index contributed by atoms with van der Waals surface area (Å²) in [6.45, 7) is -0.754. The van der Waals surface area contributed by atoms with E-state index in [0.717, 1.165) is 6.07 Å². The van der Waals surface area contributed by atoms with E-state index in [2.05, 4.69) is 5.32 Å². The van der Waals surface area contributed by atoms with Crippen molar-refractivity contribution in [3.8, 4) is 0 Å². The molecule has 0 aromatic heterocycles. The minimum absolute atomic E-state index is 0.104. The van der Waals surface area contributed by atoms with Gasteiger partial charge in [0.05, 0.1) is 40.6 Å².